The average Bonchev–Trinajstić information content (AvgIpc) is 2.83. The number of amides is 1. The molecule has 0 saturated carbocycles. The number of aryl methyl sites for hydroxylation is 1. The van der Waals surface area contributed by atoms with Gasteiger partial charge in [0.15, 0.2) is 0 Å². The molecule has 1 aromatic carbocycles. The van der Waals surface area contributed by atoms with Gasteiger partial charge in [-0.25, -0.2) is 0 Å². The van der Waals surface area contributed by atoms with Crippen molar-refractivity contribution in [2.75, 3.05) is 7.05 Å². The summed E-state index contributed by atoms with van der Waals surface area (Å²) in [7, 11) is 1.58. The summed E-state index contributed by atoms with van der Waals surface area (Å²) >= 11 is 5.95. The zero-order chi connectivity index (χ0) is 15.6. The normalized spacial score (nSPS) is 10.4. The van der Waals surface area contributed by atoms with Crippen molar-refractivity contribution >= 4 is 23.2 Å². The molecule has 7 heteroatoms. The summed E-state index contributed by atoms with van der Waals surface area (Å²) in [5, 5.41) is 10.9. The third-order valence-corrected chi connectivity index (χ3v) is 3.26. The van der Waals surface area contributed by atoms with Crippen LogP contribution in [-0.2, 0) is 6.54 Å². The zero-order valence-corrected chi connectivity index (χ0v) is 12.3. The maximum absolute atomic E-state index is 12.3. The van der Waals surface area contributed by atoms with Crippen LogP contribution in [0.25, 0.3) is 0 Å². The molecule has 0 fully saturated rings. The molecule has 0 aliphatic heterocycles. The van der Waals surface area contributed by atoms with E-state index in [1.807, 2.05) is 6.92 Å². The number of carbonyl (C=O) groups excluding carboxylic acids is 1. The van der Waals surface area contributed by atoms with Crippen LogP contribution in [0.5, 0.6) is 0 Å². The van der Waals surface area contributed by atoms with Gasteiger partial charge in [-0.15, -0.1) is 0 Å². The molecule has 2 aromatic rings. The monoisotopic (exact) mass is 308 g/mol. The van der Waals surface area contributed by atoms with Gasteiger partial charge in [-0.2, -0.15) is 0 Å². The Bertz CT molecular complexity index is 696. The van der Waals surface area contributed by atoms with Gasteiger partial charge in [-0.05, 0) is 25.1 Å². The predicted molar refractivity (Wildman–Crippen MR) is 77.3 cm³/mol. The van der Waals surface area contributed by atoms with Gasteiger partial charge in [0, 0.05) is 19.2 Å². The molecule has 0 saturated heterocycles. The van der Waals surface area contributed by atoms with Crippen molar-refractivity contribution < 1.29 is 14.1 Å². The van der Waals surface area contributed by atoms with Crippen molar-refractivity contribution in [2.45, 2.75) is 13.5 Å². The summed E-state index contributed by atoms with van der Waals surface area (Å²) < 4.78 is 5.40. The first-order chi connectivity index (χ1) is 9.88. The lowest BCUT2D eigenvalue weighted by Crippen LogP contribution is -2.26. The number of furan rings is 1. The second-order valence-electron chi connectivity index (χ2n) is 4.59. The molecule has 0 aliphatic rings. The maximum atomic E-state index is 12.3. The van der Waals surface area contributed by atoms with Crippen LogP contribution in [0.1, 0.15) is 21.9 Å². The Morgan fingerprint density at radius 1 is 1.38 bits per heavy atom. The highest BCUT2D eigenvalue weighted by Gasteiger charge is 2.19. The highest BCUT2D eigenvalue weighted by Crippen LogP contribution is 2.23. The fraction of sp³-hybridized carbons (Fsp3) is 0.214. The van der Waals surface area contributed by atoms with Crippen molar-refractivity contribution in [2.24, 2.45) is 0 Å². The molecule has 1 amide bonds. The van der Waals surface area contributed by atoms with Crippen LogP contribution in [-0.4, -0.2) is 22.8 Å². The van der Waals surface area contributed by atoms with Crippen LogP contribution >= 0.6 is 11.6 Å². The standard InChI is InChI=1S/C14H13ClN2O4/c1-9-3-5-11(21-9)8-16(2)14(18)12-7-10(17(19)20)4-6-13(12)15/h3-7H,8H2,1-2H3. The lowest BCUT2D eigenvalue weighted by molar-refractivity contribution is -0.384. The summed E-state index contributed by atoms with van der Waals surface area (Å²) in [5.74, 6) is 0.974. The van der Waals surface area contributed by atoms with Gasteiger partial charge in [-0.3, -0.25) is 14.9 Å². The Balaban J connectivity index is 2.22. The van der Waals surface area contributed by atoms with E-state index in [2.05, 4.69) is 0 Å². The van der Waals surface area contributed by atoms with E-state index in [0.29, 0.717) is 5.76 Å². The SMILES string of the molecule is Cc1ccc(CN(C)C(=O)c2cc([N+](=O)[O-])ccc2Cl)o1. The van der Waals surface area contributed by atoms with Crippen LogP contribution in [0.2, 0.25) is 5.02 Å². The number of nitro benzene ring substituents is 1. The summed E-state index contributed by atoms with van der Waals surface area (Å²) in [5.41, 5.74) is -0.0818. The highest BCUT2D eigenvalue weighted by atomic mass is 35.5. The van der Waals surface area contributed by atoms with Crippen molar-refractivity contribution in [1.82, 2.24) is 4.90 Å². The summed E-state index contributed by atoms with van der Waals surface area (Å²) in [4.78, 5) is 23.9. The first-order valence-electron chi connectivity index (χ1n) is 6.13. The fourth-order valence-corrected chi connectivity index (χ4v) is 2.07. The Morgan fingerprint density at radius 3 is 2.67 bits per heavy atom. The maximum Gasteiger partial charge on any atom is 0.270 e. The fourth-order valence-electron chi connectivity index (χ4n) is 1.87. The van der Waals surface area contributed by atoms with Gasteiger partial charge in [0.25, 0.3) is 11.6 Å². The molecule has 110 valence electrons. The summed E-state index contributed by atoms with van der Waals surface area (Å²) in [6.07, 6.45) is 0. The van der Waals surface area contributed by atoms with Gasteiger partial charge < -0.3 is 9.32 Å². The van der Waals surface area contributed by atoms with Gasteiger partial charge in [0.05, 0.1) is 22.1 Å². The van der Waals surface area contributed by atoms with E-state index in [0.717, 1.165) is 5.76 Å². The number of benzene rings is 1. The largest absolute Gasteiger partial charge is 0.464 e. The van der Waals surface area contributed by atoms with E-state index in [1.54, 1.807) is 19.2 Å². The number of halogens is 1. The lowest BCUT2D eigenvalue weighted by atomic mass is 10.1. The topological polar surface area (TPSA) is 76.6 Å². The molecule has 2 rings (SSSR count). The zero-order valence-electron chi connectivity index (χ0n) is 11.5. The summed E-state index contributed by atoms with van der Waals surface area (Å²) in [6, 6.07) is 7.35. The van der Waals surface area contributed by atoms with Crippen LogP contribution in [0.4, 0.5) is 5.69 Å². The van der Waals surface area contributed by atoms with Gasteiger partial charge in [-0.1, -0.05) is 11.6 Å². The van der Waals surface area contributed by atoms with Gasteiger partial charge in [0.2, 0.25) is 0 Å². The molecule has 0 atom stereocenters. The smallest absolute Gasteiger partial charge is 0.270 e. The first kappa shape index (κ1) is 15.1. The Kier molecular flexibility index (Phi) is 4.28. The van der Waals surface area contributed by atoms with Crippen LogP contribution in [0, 0.1) is 17.0 Å². The lowest BCUT2D eigenvalue weighted by Gasteiger charge is -2.16. The quantitative estimate of drug-likeness (QED) is 0.640. The summed E-state index contributed by atoms with van der Waals surface area (Å²) in [6.45, 7) is 2.06. The third-order valence-electron chi connectivity index (χ3n) is 2.93. The molecular weight excluding hydrogens is 296 g/mol. The van der Waals surface area contributed by atoms with E-state index in [9.17, 15) is 14.9 Å². The molecule has 0 unspecified atom stereocenters. The number of nitro groups is 1. The van der Waals surface area contributed by atoms with Crippen molar-refractivity contribution in [1.29, 1.82) is 0 Å². The minimum Gasteiger partial charge on any atom is -0.464 e. The molecule has 0 N–H and O–H groups in total. The molecule has 6 nitrogen and oxygen atoms in total. The number of nitrogens with zero attached hydrogens (tertiary/aromatic N) is 2. The Hall–Kier alpha value is -2.34. The Labute approximate surface area is 126 Å². The van der Waals surface area contributed by atoms with Gasteiger partial charge >= 0.3 is 0 Å². The van der Waals surface area contributed by atoms with E-state index >= 15 is 0 Å². The molecule has 21 heavy (non-hydrogen) atoms. The van der Waals surface area contributed by atoms with Crippen molar-refractivity contribution in [3.63, 3.8) is 0 Å². The number of non-ortho nitro benzene ring substituents is 1. The third kappa shape index (κ3) is 3.41. The molecule has 1 heterocycles. The van der Waals surface area contributed by atoms with Crippen LogP contribution < -0.4 is 0 Å². The van der Waals surface area contributed by atoms with Crippen LogP contribution in [0.15, 0.2) is 34.7 Å². The molecule has 0 spiro atoms. The average molecular weight is 309 g/mol. The number of hydrogen-bond donors (Lipinski definition) is 0. The van der Waals surface area contributed by atoms with Crippen molar-refractivity contribution in [3.05, 3.63) is 62.6 Å². The van der Waals surface area contributed by atoms with Gasteiger partial charge in [0.1, 0.15) is 11.5 Å². The van der Waals surface area contributed by atoms with Crippen LogP contribution in [0.3, 0.4) is 0 Å². The van der Waals surface area contributed by atoms with E-state index in [-0.39, 0.29) is 22.8 Å². The minimum atomic E-state index is -0.566. The van der Waals surface area contributed by atoms with E-state index in [4.69, 9.17) is 16.0 Å². The number of carbonyl (C=O) groups is 1. The van der Waals surface area contributed by atoms with E-state index in [1.165, 1.54) is 23.1 Å². The number of hydrogen-bond acceptors (Lipinski definition) is 4. The van der Waals surface area contributed by atoms with E-state index < -0.39 is 10.8 Å². The highest BCUT2D eigenvalue weighted by molar-refractivity contribution is 6.33. The second-order valence-corrected chi connectivity index (χ2v) is 5.00. The minimum absolute atomic E-state index is 0.0941. The number of rotatable bonds is 4. The second kappa shape index (κ2) is 5.97. The molecule has 1 aromatic heterocycles. The molecule has 0 radical (unpaired) electrons. The Morgan fingerprint density at radius 2 is 2.10 bits per heavy atom. The predicted octanol–water partition coefficient (Wildman–Crippen LogP) is 3.42. The van der Waals surface area contributed by atoms with Crippen molar-refractivity contribution in [3.8, 4) is 0 Å². The first-order valence-corrected chi connectivity index (χ1v) is 6.51. The molecule has 0 bridgehead atoms. The molecule has 0 aliphatic carbocycles. The molecular formula is C14H13ClN2O4.